The maximum absolute atomic E-state index is 13.2. The quantitative estimate of drug-likeness (QED) is 0.197. The van der Waals surface area contributed by atoms with Gasteiger partial charge in [0.05, 0.1) is 25.9 Å². The Hall–Kier alpha value is -3.80. The first kappa shape index (κ1) is 33.1. The second kappa shape index (κ2) is 13.9. The van der Waals surface area contributed by atoms with Crippen LogP contribution >= 0.6 is 0 Å². The van der Waals surface area contributed by atoms with Gasteiger partial charge in [-0.2, -0.15) is 0 Å². The maximum atomic E-state index is 13.2. The Morgan fingerprint density at radius 2 is 1.48 bits per heavy atom. The number of hydrogen-bond donors (Lipinski definition) is 1. The molecule has 2 aromatic carbocycles. The summed E-state index contributed by atoms with van der Waals surface area (Å²) in [6, 6.07) is 20.3. The number of nitrogens with one attached hydrogen (secondary N) is 1. The summed E-state index contributed by atoms with van der Waals surface area (Å²) < 4.78 is 25.4. The van der Waals surface area contributed by atoms with Gasteiger partial charge in [0.25, 0.3) is 13.9 Å². The lowest BCUT2D eigenvalue weighted by Crippen LogP contribution is -2.67. The van der Waals surface area contributed by atoms with Crippen molar-refractivity contribution in [3.63, 3.8) is 0 Å². The summed E-state index contributed by atoms with van der Waals surface area (Å²) in [4.78, 5) is 53.9. The van der Waals surface area contributed by atoms with Crippen molar-refractivity contribution in [2.45, 2.75) is 65.3 Å². The van der Waals surface area contributed by atoms with Crippen LogP contribution in [0.1, 0.15) is 52.8 Å². The molecule has 3 aromatic rings. The maximum Gasteiger partial charge on any atom is 0.330 e. The van der Waals surface area contributed by atoms with Crippen molar-refractivity contribution in [1.82, 2.24) is 9.55 Å². The van der Waals surface area contributed by atoms with Crippen molar-refractivity contribution >= 4 is 30.6 Å². The minimum absolute atomic E-state index is 0.0606. The van der Waals surface area contributed by atoms with E-state index in [0.29, 0.717) is 0 Å². The molecule has 0 aliphatic carbocycles. The average molecular weight is 623 g/mol. The Kier molecular flexibility index (Phi) is 10.4. The second-order valence-corrected chi connectivity index (χ2v) is 16.3. The molecule has 0 radical (unpaired) electrons. The molecular weight excluding hydrogens is 580 g/mol. The predicted octanol–water partition coefficient (Wildman–Crippen LogP) is 3.07. The van der Waals surface area contributed by atoms with Crippen molar-refractivity contribution in [2.75, 3.05) is 19.8 Å². The lowest BCUT2D eigenvalue weighted by atomic mass is 9.87. The van der Waals surface area contributed by atoms with E-state index >= 15 is 0 Å². The predicted molar refractivity (Wildman–Crippen MR) is 168 cm³/mol. The van der Waals surface area contributed by atoms with Gasteiger partial charge in [0.2, 0.25) is 0 Å². The van der Waals surface area contributed by atoms with Crippen molar-refractivity contribution in [2.24, 2.45) is 11.8 Å². The zero-order valence-electron chi connectivity index (χ0n) is 26.2. The van der Waals surface area contributed by atoms with Crippen LogP contribution in [0.5, 0.6) is 0 Å². The zero-order valence-corrected chi connectivity index (χ0v) is 27.2. The fourth-order valence-corrected chi connectivity index (χ4v) is 10.7. The third-order valence-electron chi connectivity index (χ3n) is 8.06. The van der Waals surface area contributed by atoms with Gasteiger partial charge in [-0.15, -0.1) is 0 Å². The van der Waals surface area contributed by atoms with Crippen LogP contribution in [-0.2, 0) is 28.2 Å². The molecule has 1 fully saturated rings. The van der Waals surface area contributed by atoms with E-state index in [2.05, 4.69) is 50.0 Å². The van der Waals surface area contributed by atoms with Crippen LogP contribution in [0.3, 0.4) is 0 Å². The lowest BCUT2D eigenvalue weighted by molar-refractivity contribution is -0.167. The number of carbonyl (C=O) groups excluding carboxylic acids is 2. The van der Waals surface area contributed by atoms with Crippen LogP contribution in [-0.4, -0.2) is 55.7 Å². The average Bonchev–Trinajstić information content (AvgIpc) is 3.39. The largest absolute Gasteiger partial charge is 0.465 e. The Labute approximate surface area is 258 Å². The molecular formula is C33H42N2O8Si. The normalized spacial score (nSPS) is 18.8. The van der Waals surface area contributed by atoms with Crippen LogP contribution in [0.15, 0.2) is 76.4 Å². The molecule has 1 aliphatic heterocycles. The highest BCUT2D eigenvalue weighted by molar-refractivity contribution is 6.99. The highest BCUT2D eigenvalue weighted by Gasteiger charge is 2.53. The van der Waals surface area contributed by atoms with Crippen molar-refractivity contribution in [3.8, 4) is 0 Å². The molecule has 11 heteroatoms. The van der Waals surface area contributed by atoms with Gasteiger partial charge < -0.3 is 18.6 Å². The van der Waals surface area contributed by atoms with Crippen LogP contribution in [0.25, 0.3) is 0 Å². The van der Waals surface area contributed by atoms with Gasteiger partial charge in [-0.1, -0.05) is 81.4 Å². The molecule has 2 heterocycles. The lowest BCUT2D eigenvalue weighted by Gasteiger charge is -2.43. The number of H-pyrrole nitrogens is 1. The van der Waals surface area contributed by atoms with Gasteiger partial charge in [0.15, 0.2) is 5.92 Å². The number of benzene rings is 2. The monoisotopic (exact) mass is 622 g/mol. The summed E-state index contributed by atoms with van der Waals surface area (Å²) in [6.07, 6.45) is -0.0744. The van der Waals surface area contributed by atoms with Gasteiger partial charge in [-0.25, -0.2) is 4.79 Å². The van der Waals surface area contributed by atoms with Crippen molar-refractivity contribution in [1.29, 1.82) is 0 Å². The summed E-state index contributed by atoms with van der Waals surface area (Å²) in [5.74, 6) is -3.69. The van der Waals surface area contributed by atoms with Crippen LogP contribution in [0.2, 0.25) is 5.04 Å². The summed E-state index contributed by atoms with van der Waals surface area (Å²) in [5.41, 5.74) is -0.960. The number of rotatable bonds is 11. The molecule has 0 amide bonds. The minimum Gasteiger partial charge on any atom is -0.465 e. The first-order chi connectivity index (χ1) is 20.9. The van der Waals surface area contributed by atoms with Crippen LogP contribution < -0.4 is 21.6 Å². The number of aryl methyl sites for hydroxylation is 1. The fourth-order valence-electron chi connectivity index (χ4n) is 6.12. The van der Waals surface area contributed by atoms with Crippen LogP contribution in [0.4, 0.5) is 0 Å². The van der Waals surface area contributed by atoms with Crippen molar-refractivity contribution < 1.29 is 28.2 Å². The van der Waals surface area contributed by atoms with Gasteiger partial charge >= 0.3 is 17.6 Å². The summed E-state index contributed by atoms with van der Waals surface area (Å²) in [7, 11) is -2.94. The third-order valence-corrected chi connectivity index (χ3v) is 13.1. The van der Waals surface area contributed by atoms with E-state index in [-0.39, 0.29) is 36.8 Å². The Bertz CT molecular complexity index is 1490. The van der Waals surface area contributed by atoms with E-state index in [1.54, 1.807) is 20.8 Å². The zero-order chi connectivity index (χ0) is 32.1. The van der Waals surface area contributed by atoms with Crippen molar-refractivity contribution in [3.05, 3.63) is 93.3 Å². The summed E-state index contributed by atoms with van der Waals surface area (Å²) in [6.45, 7) is 11.6. The highest BCUT2D eigenvalue weighted by atomic mass is 28.4. The molecule has 0 spiro atoms. The number of hydrogen-bond acceptors (Lipinski definition) is 8. The van der Waals surface area contributed by atoms with E-state index in [1.807, 2.05) is 36.4 Å². The Morgan fingerprint density at radius 3 is 1.95 bits per heavy atom. The first-order valence-corrected chi connectivity index (χ1v) is 16.9. The Morgan fingerprint density at radius 1 is 0.955 bits per heavy atom. The standard InChI is InChI=1S/C33H42N2O8Si/c1-7-40-30(37)27(31(38)41-8-2)26-19-23(43-29(26)35-20-22(3)28(36)34-32(35)39)21-42-44(33(4,5)6,24-15-11-9-12-16-24)25-17-13-10-14-18-25/h9-18,20,23,26-27,29H,7-8,19,21H2,1-6H3,(H,34,36,39)/t23-,26-,29+/m0/s1. The number of nitrogens with zero attached hydrogens (tertiary/aromatic N) is 1. The molecule has 10 nitrogen and oxygen atoms in total. The van der Waals surface area contributed by atoms with E-state index in [0.717, 1.165) is 10.4 Å². The van der Waals surface area contributed by atoms with Gasteiger partial charge in [-0.05, 0) is 42.6 Å². The smallest absolute Gasteiger partial charge is 0.330 e. The molecule has 1 aromatic heterocycles. The van der Waals surface area contributed by atoms with Gasteiger partial charge in [-0.3, -0.25) is 23.9 Å². The number of aromatic amines is 1. The molecule has 44 heavy (non-hydrogen) atoms. The van der Waals surface area contributed by atoms with Gasteiger partial charge in [0.1, 0.15) is 6.23 Å². The third kappa shape index (κ3) is 6.64. The summed E-state index contributed by atoms with van der Waals surface area (Å²) in [5, 5.41) is 1.89. The SMILES string of the molecule is CCOC(=O)C(C(=O)OCC)[C@@H]1C[C@@H](CO[Si](c2ccccc2)(c2ccccc2)C(C)(C)C)O[C@H]1n1cc(C)c(=O)[nH]c1=O. The molecule has 4 rings (SSSR count). The highest BCUT2D eigenvalue weighted by Crippen LogP contribution is 2.42. The number of aromatic nitrogens is 2. The molecule has 3 atom stereocenters. The minimum atomic E-state index is -2.94. The van der Waals surface area contributed by atoms with Gasteiger partial charge in [0, 0.05) is 17.7 Å². The number of esters is 2. The molecule has 0 saturated carbocycles. The first-order valence-electron chi connectivity index (χ1n) is 15.0. The Balaban J connectivity index is 1.78. The topological polar surface area (TPSA) is 126 Å². The van der Waals surface area contributed by atoms with E-state index < -0.39 is 55.7 Å². The molecule has 0 bridgehead atoms. The second-order valence-electron chi connectivity index (χ2n) is 12.0. The number of ether oxygens (including phenoxy) is 3. The van der Waals surface area contributed by atoms with E-state index in [1.165, 1.54) is 10.8 Å². The fraction of sp³-hybridized carbons (Fsp3) is 0.455. The molecule has 1 N–H and O–H groups in total. The molecule has 236 valence electrons. The van der Waals surface area contributed by atoms with Crippen LogP contribution in [0, 0.1) is 18.8 Å². The summed E-state index contributed by atoms with van der Waals surface area (Å²) >= 11 is 0. The molecule has 1 aliphatic rings. The molecule has 0 unspecified atom stereocenters. The number of carbonyl (C=O) groups is 2. The molecule has 1 saturated heterocycles. The van der Waals surface area contributed by atoms with E-state index in [9.17, 15) is 19.2 Å². The van der Waals surface area contributed by atoms with E-state index in [4.69, 9.17) is 18.6 Å².